The van der Waals surface area contributed by atoms with Crippen molar-refractivity contribution in [3.05, 3.63) is 23.2 Å². The van der Waals surface area contributed by atoms with Crippen molar-refractivity contribution >= 4 is 0 Å². The van der Waals surface area contributed by atoms with Crippen LogP contribution in [0, 0.1) is 0 Å². The largest absolute Gasteiger partial charge is 0.382 e. The molecule has 9 heavy (non-hydrogen) atoms. The van der Waals surface area contributed by atoms with Crippen LogP contribution in [0.2, 0.25) is 0 Å². The third kappa shape index (κ3) is 1.31. The molecule has 0 spiro atoms. The van der Waals surface area contributed by atoms with Crippen LogP contribution in [0.25, 0.3) is 0 Å². The van der Waals surface area contributed by atoms with Gasteiger partial charge in [-0.1, -0.05) is 5.57 Å². The Balaban J connectivity index is 2.83. The summed E-state index contributed by atoms with van der Waals surface area (Å²) in [6, 6.07) is 0. The number of nitrogens with one attached hydrogen (secondary N) is 1. The molecule has 1 rings (SSSR count). The van der Waals surface area contributed by atoms with Crippen molar-refractivity contribution in [1.29, 1.82) is 0 Å². The van der Waals surface area contributed by atoms with Crippen LogP contribution in [0.5, 0.6) is 0 Å². The van der Waals surface area contributed by atoms with Crippen LogP contribution in [0.1, 0.15) is 13.8 Å². The van der Waals surface area contributed by atoms with E-state index in [0.717, 1.165) is 12.1 Å². The maximum Gasteiger partial charge on any atom is 0.141 e. The molecule has 0 aromatic heterocycles. The van der Waals surface area contributed by atoms with Gasteiger partial charge in [-0.05, 0) is 19.9 Å². The normalized spacial score (nSPS) is 19.2. The minimum absolute atomic E-state index is 0.140. The van der Waals surface area contributed by atoms with Crippen molar-refractivity contribution in [2.24, 2.45) is 0 Å². The van der Waals surface area contributed by atoms with Crippen molar-refractivity contribution in [3.63, 3.8) is 0 Å². The Morgan fingerprint density at radius 1 is 1.56 bits per heavy atom. The fourth-order valence-electron chi connectivity index (χ4n) is 0.732. The first-order chi connectivity index (χ1) is 4.20. The zero-order valence-corrected chi connectivity index (χ0v) is 5.66. The van der Waals surface area contributed by atoms with Gasteiger partial charge in [0.1, 0.15) is 5.83 Å². The van der Waals surface area contributed by atoms with Crippen molar-refractivity contribution in [2.75, 3.05) is 6.54 Å². The van der Waals surface area contributed by atoms with Crippen LogP contribution in [0.15, 0.2) is 23.2 Å². The van der Waals surface area contributed by atoms with Gasteiger partial charge in [-0.2, -0.15) is 0 Å². The van der Waals surface area contributed by atoms with E-state index >= 15 is 0 Å². The Morgan fingerprint density at radius 2 is 2.22 bits per heavy atom. The molecule has 0 unspecified atom stereocenters. The summed E-state index contributed by atoms with van der Waals surface area (Å²) in [5.41, 5.74) is 1.68. The van der Waals surface area contributed by atoms with E-state index in [9.17, 15) is 4.39 Å². The Morgan fingerprint density at radius 3 is 2.67 bits per heavy atom. The number of rotatable bonds is 0. The second-order valence-electron chi connectivity index (χ2n) is 2.32. The minimum atomic E-state index is -0.140. The Labute approximate surface area is 54.3 Å². The van der Waals surface area contributed by atoms with Gasteiger partial charge < -0.3 is 5.32 Å². The van der Waals surface area contributed by atoms with Gasteiger partial charge in [0, 0.05) is 12.2 Å². The van der Waals surface area contributed by atoms with E-state index in [2.05, 4.69) is 5.32 Å². The fraction of sp³-hybridized carbons (Fsp3) is 0.429. The summed E-state index contributed by atoms with van der Waals surface area (Å²) >= 11 is 0. The van der Waals surface area contributed by atoms with Gasteiger partial charge in [-0.15, -0.1) is 0 Å². The molecule has 0 aliphatic carbocycles. The molecule has 1 N–H and O–H groups in total. The van der Waals surface area contributed by atoms with Crippen molar-refractivity contribution in [1.82, 2.24) is 5.32 Å². The van der Waals surface area contributed by atoms with Gasteiger partial charge >= 0.3 is 0 Å². The van der Waals surface area contributed by atoms with E-state index in [1.807, 2.05) is 6.92 Å². The zero-order chi connectivity index (χ0) is 6.85. The van der Waals surface area contributed by atoms with E-state index in [-0.39, 0.29) is 5.83 Å². The second-order valence-corrected chi connectivity index (χ2v) is 2.32. The van der Waals surface area contributed by atoms with Crippen molar-refractivity contribution in [3.8, 4) is 0 Å². The standard InChI is InChI=1S/C7H10FN/c1-5-3-7(8)6(2)9-4-5/h3,9H,4H2,1-2H3. The van der Waals surface area contributed by atoms with Crippen LogP contribution < -0.4 is 5.32 Å². The van der Waals surface area contributed by atoms with Gasteiger partial charge in [0.2, 0.25) is 0 Å². The predicted octanol–water partition coefficient (Wildman–Crippen LogP) is 1.74. The minimum Gasteiger partial charge on any atom is -0.382 e. The molecule has 0 radical (unpaired) electrons. The number of hydrogen-bond acceptors (Lipinski definition) is 1. The SMILES string of the molecule is CC1=CC(F)=C(C)NC1. The average Bonchev–Trinajstić information content (AvgIpc) is 1.80. The highest BCUT2D eigenvalue weighted by molar-refractivity contribution is 5.26. The molecule has 1 aliphatic rings. The number of dihydropyridines is 1. The highest BCUT2D eigenvalue weighted by atomic mass is 19.1. The molecule has 1 heterocycles. The molecule has 0 saturated heterocycles. The van der Waals surface area contributed by atoms with Gasteiger partial charge in [0.25, 0.3) is 0 Å². The third-order valence-electron chi connectivity index (χ3n) is 1.36. The van der Waals surface area contributed by atoms with Crippen LogP contribution >= 0.6 is 0 Å². The number of hydrogen-bond donors (Lipinski definition) is 1. The highest BCUT2D eigenvalue weighted by Gasteiger charge is 2.03. The summed E-state index contributed by atoms with van der Waals surface area (Å²) in [7, 11) is 0. The van der Waals surface area contributed by atoms with Crippen molar-refractivity contribution in [2.45, 2.75) is 13.8 Å². The molecular formula is C7H10FN. The Bertz CT molecular complexity index is 179. The van der Waals surface area contributed by atoms with Gasteiger partial charge in [-0.3, -0.25) is 0 Å². The molecule has 1 nitrogen and oxygen atoms in total. The van der Waals surface area contributed by atoms with Crippen LogP contribution in [-0.2, 0) is 0 Å². The first kappa shape index (κ1) is 6.33. The van der Waals surface area contributed by atoms with Crippen LogP contribution in [0.3, 0.4) is 0 Å². The topological polar surface area (TPSA) is 12.0 Å². The molecule has 0 fully saturated rings. The van der Waals surface area contributed by atoms with E-state index in [0.29, 0.717) is 5.70 Å². The lowest BCUT2D eigenvalue weighted by Crippen LogP contribution is -2.17. The van der Waals surface area contributed by atoms with Crippen LogP contribution in [-0.4, -0.2) is 6.54 Å². The molecule has 0 aromatic carbocycles. The average molecular weight is 127 g/mol. The lowest BCUT2D eigenvalue weighted by Gasteiger charge is -2.12. The summed E-state index contributed by atoms with van der Waals surface area (Å²) in [6.45, 7) is 4.41. The lowest BCUT2D eigenvalue weighted by molar-refractivity contribution is 0.621. The summed E-state index contributed by atoms with van der Waals surface area (Å²) in [6.07, 6.45) is 1.56. The maximum atomic E-state index is 12.6. The summed E-state index contributed by atoms with van der Waals surface area (Å²) in [4.78, 5) is 0. The summed E-state index contributed by atoms with van der Waals surface area (Å²) in [5.74, 6) is -0.140. The first-order valence-corrected chi connectivity index (χ1v) is 2.97. The van der Waals surface area contributed by atoms with E-state index in [1.165, 1.54) is 0 Å². The molecule has 1 aliphatic heterocycles. The smallest absolute Gasteiger partial charge is 0.141 e. The van der Waals surface area contributed by atoms with Gasteiger partial charge in [-0.25, -0.2) is 4.39 Å². The molecule has 0 saturated carbocycles. The number of halogens is 1. The van der Waals surface area contributed by atoms with Gasteiger partial charge in [0.15, 0.2) is 0 Å². The van der Waals surface area contributed by atoms with Crippen molar-refractivity contribution < 1.29 is 4.39 Å². The third-order valence-corrected chi connectivity index (χ3v) is 1.36. The second kappa shape index (κ2) is 2.21. The maximum absolute atomic E-state index is 12.6. The summed E-state index contributed by atoms with van der Waals surface area (Å²) in [5, 5.41) is 2.92. The number of allylic oxidation sites excluding steroid dienone is 3. The molecule has 0 atom stereocenters. The molecule has 2 heteroatoms. The lowest BCUT2D eigenvalue weighted by atomic mass is 10.2. The molecule has 0 amide bonds. The molecule has 0 aromatic rings. The van der Waals surface area contributed by atoms with Gasteiger partial charge in [0.05, 0.1) is 0 Å². The quantitative estimate of drug-likeness (QED) is 0.522. The highest BCUT2D eigenvalue weighted by Crippen LogP contribution is 2.12. The Hall–Kier alpha value is -0.790. The summed E-state index contributed by atoms with van der Waals surface area (Å²) < 4.78 is 12.6. The molecular weight excluding hydrogens is 117 g/mol. The Kier molecular flexibility index (Phi) is 1.56. The van der Waals surface area contributed by atoms with Crippen LogP contribution in [0.4, 0.5) is 4.39 Å². The van der Waals surface area contributed by atoms with E-state index in [4.69, 9.17) is 0 Å². The predicted molar refractivity (Wildman–Crippen MR) is 35.6 cm³/mol. The zero-order valence-electron chi connectivity index (χ0n) is 5.66. The van der Waals surface area contributed by atoms with E-state index < -0.39 is 0 Å². The monoisotopic (exact) mass is 127 g/mol. The fourth-order valence-corrected chi connectivity index (χ4v) is 0.732. The molecule has 50 valence electrons. The molecule has 0 bridgehead atoms. The van der Waals surface area contributed by atoms with E-state index in [1.54, 1.807) is 13.0 Å². The first-order valence-electron chi connectivity index (χ1n) is 2.97.